The van der Waals surface area contributed by atoms with Crippen molar-refractivity contribution in [2.24, 2.45) is 30.7 Å². The van der Waals surface area contributed by atoms with E-state index >= 15 is 0 Å². The summed E-state index contributed by atoms with van der Waals surface area (Å²) < 4.78 is 7.23. The molecule has 1 heterocycles. The molecule has 0 saturated heterocycles. The maximum Gasteiger partial charge on any atom is 0.332 e. The fourth-order valence-corrected chi connectivity index (χ4v) is 4.59. The van der Waals surface area contributed by atoms with Crippen molar-refractivity contribution in [1.29, 1.82) is 0 Å². The fourth-order valence-electron chi connectivity index (χ4n) is 4.59. The van der Waals surface area contributed by atoms with Gasteiger partial charge in [0.1, 0.15) is 17.2 Å². The summed E-state index contributed by atoms with van der Waals surface area (Å²) >= 11 is 0. The maximum absolute atomic E-state index is 12.7. The Morgan fingerprint density at radius 3 is 2.30 bits per heavy atom. The Morgan fingerprint density at radius 2 is 1.73 bits per heavy atom. The predicted octanol–water partition coefficient (Wildman–Crippen LogP) is 0.907. The minimum Gasteiger partial charge on any atom is -0.457 e. The second kappa shape index (κ2) is 8.57. The van der Waals surface area contributed by atoms with Crippen LogP contribution in [0.2, 0.25) is 0 Å². The van der Waals surface area contributed by atoms with Gasteiger partial charge in [0.25, 0.3) is 5.56 Å². The van der Waals surface area contributed by atoms with Gasteiger partial charge < -0.3 is 10.5 Å². The Hall–Kier alpha value is -2.71. The molecule has 1 aromatic heterocycles. The van der Waals surface area contributed by atoms with Crippen LogP contribution in [0.15, 0.2) is 9.59 Å². The number of carbonyl (C=O) groups is 3. The molecule has 1 unspecified atom stereocenters. The van der Waals surface area contributed by atoms with Crippen molar-refractivity contribution < 1.29 is 19.1 Å². The third kappa shape index (κ3) is 4.11. The second-order valence-corrected chi connectivity index (χ2v) is 8.84. The van der Waals surface area contributed by atoms with Crippen molar-refractivity contribution in [2.45, 2.75) is 52.5 Å². The standard InChI is InChI=1S/C21H29N3O6/c1-11(2)9-24-18(22)16(19(27)23(3)21(24)29)15(25)10-30-20(28)14-7-12-5-4-6-13(8-14)17(12)26/h11-14H,4-10,22H2,1-3H3/t12-,13+,14?. The highest BCUT2D eigenvalue weighted by atomic mass is 16.5. The molecule has 0 amide bonds. The quantitative estimate of drug-likeness (QED) is 0.535. The molecule has 3 rings (SSSR count). The molecule has 3 atom stereocenters. The third-order valence-corrected chi connectivity index (χ3v) is 6.14. The van der Waals surface area contributed by atoms with Gasteiger partial charge in [-0.2, -0.15) is 0 Å². The van der Waals surface area contributed by atoms with Crippen molar-refractivity contribution in [2.75, 3.05) is 12.3 Å². The molecule has 2 N–H and O–H groups in total. The fraction of sp³-hybridized carbons (Fsp3) is 0.667. The van der Waals surface area contributed by atoms with Crippen LogP contribution >= 0.6 is 0 Å². The number of esters is 1. The van der Waals surface area contributed by atoms with Crippen LogP contribution < -0.4 is 17.0 Å². The lowest BCUT2D eigenvalue weighted by atomic mass is 9.67. The molecule has 2 bridgehead atoms. The number of ketones is 2. The molecule has 2 fully saturated rings. The molecule has 1 aromatic rings. The molecule has 0 aliphatic heterocycles. The van der Waals surface area contributed by atoms with E-state index in [4.69, 9.17) is 10.5 Å². The molecule has 2 aliphatic carbocycles. The van der Waals surface area contributed by atoms with E-state index in [2.05, 4.69) is 0 Å². The summed E-state index contributed by atoms with van der Waals surface area (Å²) in [5, 5.41) is 0. The lowest BCUT2D eigenvalue weighted by Crippen LogP contribution is -2.44. The number of Topliss-reactive ketones (excluding diaryl/α,β-unsaturated/α-hetero) is 2. The van der Waals surface area contributed by atoms with Crippen LogP contribution in [-0.4, -0.2) is 33.3 Å². The predicted molar refractivity (Wildman–Crippen MR) is 109 cm³/mol. The first-order chi connectivity index (χ1) is 14.1. The highest BCUT2D eigenvalue weighted by molar-refractivity contribution is 6.01. The van der Waals surface area contributed by atoms with Gasteiger partial charge in [-0.3, -0.25) is 28.3 Å². The summed E-state index contributed by atoms with van der Waals surface area (Å²) in [6.07, 6.45) is 3.48. The molecule has 0 spiro atoms. The number of hydrogen-bond acceptors (Lipinski definition) is 7. The Kier molecular flexibility index (Phi) is 6.28. The molecule has 9 nitrogen and oxygen atoms in total. The smallest absolute Gasteiger partial charge is 0.332 e. The molecule has 0 aromatic carbocycles. The zero-order chi connectivity index (χ0) is 22.2. The molecule has 9 heteroatoms. The number of nitrogen functional groups attached to an aromatic ring is 1. The average molecular weight is 419 g/mol. The van der Waals surface area contributed by atoms with Gasteiger partial charge in [0.15, 0.2) is 6.61 Å². The molecule has 0 radical (unpaired) electrons. The van der Waals surface area contributed by atoms with E-state index in [-0.39, 0.29) is 41.5 Å². The van der Waals surface area contributed by atoms with Crippen LogP contribution in [0.3, 0.4) is 0 Å². The average Bonchev–Trinajstić information content (AvgIpc) is 2.67. The summed E-state index contributed by atoms with van der Waals surface area (Å²) in [7, 11) is 1.28. The lowest BCUT2D eigenvalue weighted by Gasteiger charge is -2.36. The first kappa shape index (κ1) is 22.0. The van der Waals surface area contributed by atoms with E-state index in [9.17, 15) is 24.0 Å². The zero-order valence-electron chi connectivity index (χ0n) is 17.7. The van der Waals surface area contributed by atoms with Gasteiger partial charge in [0.05, 0.1) is 5.92 Å². The maximum atomic E-state index is 12.7. The summed E-state index contributed by atoms with van der Waals surface area (Å²) in [6, 6.07) is 0. The number of nitrogens with two attached hydrogens (primary N) is 1. The van der Waals surface area contributed by atoms with Gasteiger partial charge >= 0.3 is 11.7 Å². The van der Waals surface area contributed by atoms with Crippen molar-refractivity contribution in [3.63, 3.8) is 0 Å². The first-order valence-corrected chi connectivity index (χ1v) is 10.4. The van der Waals surface area contributed by atoms with Crippen LogP contribution in [-0.2, 0) is 27.9 Å². The monoisotopic (exact) mass is 419 g/mol. The number of ether oxygens (including phenoxy) is 1. The van der Waals surface area contributed by atoms with E-state index in [0.717, 1.165) is 23.8 Å². The van der Waals surface area contributed by atoms with Crippen LogP contribution in [0.25, 0.3) is 0 Å². The SMILES string of the molecule is CC(C)Cn1c(N)c(C(=O)COC(=O)C2C[C@H]3CCC[C@@H](C2)C3=O)c(=O)n(C)c1=O. The van der Waals surface area contributed by atoms with Gasteiger partial charge in [-0.25, -0.2) is 4.79 Å². The van der Waals surface area contributed by atoms with E-state index in [1.165, 1.54) is 11.6 Å². The highest BCUT2D eigenvalue weighted by Gasteiger charge is 2.42. The van der Waals surface area contributed by atoms with Crippen LogP contribution in [0.5, 0.6) is 0 Å². The van der Waals surface area contributed by atoms with Crippen LogP contribution in [0, 0.1) is 23.7 Å². The largest absolute Gasteiger partial charge is 0.457 e. The molecular formula is C21H29N3O6. The molecule has 2 aliphatic rings. The second-order valence-electron chi connectivity index (χ2n) is 8.84. The van der Waals surface area contributed by atoms with E-state index in [1.54, 1.807) is 0 Å². The minimum atomic E-state index is -0.809. The number of carbonyl (C=O) groups excluding carboxylic acids is 3. The minimum absolute atomic E-state index is 0.0664. The summed E-state index contributed by atoms with van der Waals surface area (Å²) in [5.41, 5.74) is 4.23. The number of rotatable bonds is 6. The number of anilines is 1. The Bertz CT molecular complexity index is 974. The van der Waals surface area contributed by atoms with Crippen molar-refractivity contribution in [3.8, 4) is 0 Å². The Labute approximate surface area is 174 Å². The molecular weight excluding hydrogens is 390 g/mol. The number of hydrogen-bond donors (Lipinski definition) is 1. The molecule has 30 heavy (non-hydrogen) atoms. The van der Waals surface area contributed by atoms with Crippen molar-refractivity contribution >= 4 is 23.4 Å². The van der Waals surface area contributed by atoms with E-state index in [1.807, 2.05) is 13.8 Å². The number of nitrogens with zero attached hydrogens (tertiary/aromatic N) is 2. The Morgan fingerprint density at radius 1 is 1.13 bits per heavy atom. The van der Waals surface area contributed by atoms with Gasteiger partial charge in [-0.15, -0.1) is 0 Å². The number of fused-ring (bicyclic) bond motifs is 2. The van der Waals surface area contributed by atoms with Gasteiger partial charge in [-0.1, -0.05) is 20.3 Å². The normalized spacial score (nSPS) is 23.5. The lowest BCUT2D eigenvalue weighted by molar-refractivity contribution is -0.152. The number of aromatic nitrogens is 2. The Balaban J connectivity index is 1.74. The van der Waals surface area contributed by atoms with Crippen LogP contribution in [0.4, 0.5) is 5.82 Å². The zero-order valence-corrected chi connectivity index (χ0v) is 17.7. The van der Waals surface area contributed by atoms with Crippen LogP contribution in [0.1, 0.15) is 56.3 Å². The van der Waals surface area contributed by atoms with E-state index < -0.39 is 35.5 Å². The summed E-state index contributed by atoms with van der Waals surface area (Å²) in [6.45, 7) is 3.38. The first-order valence-electron chi connectivity index (χ1n) is 10.4. The van der Waals surface area contributed by atoms with Gasteiger partial charge in [-0.05, 0) is 31.6 Å². The van der Waals surface area contributed by atoms with Gasteiger partial charge in [0.2, 0.25) is 5.78 Å². The summed E-state index contributed by atoms with van der Waals surface area (Å²) in [5.74, 6) is -1.80. The molecule has 2 saturated carbocycles. The topological polar surface area (TPSA) is 130 Å². The molecule has 164 valence electrons. The highest BCUT2D eigenvalue weighted by Crippen LogP contribution is 2.40. The summed E-state index contributed by atoms with van der Waals surface area (Å²) in [4.78, 5) is 62.2. The van der Waals surface area contributed by atoms with Crippen molar-refractivity contribution in [1.82, 2.24) is 9.13 Å². The third-order valence-electron chi connectivity index (χ3n) is 6.14. The van der Waals surface area contributed by atoms with Gasteiger partial charge in [0, 0.05) is 25.4 Å². The van der Waals surface area contributed by atoms with E-state index in [0.29, 0.717) is 12.8 Å². The van der Waals surface area contributed by atoms with Crippen molar-refractivity contribution in [3.05, 3.63) is 26.4 Å².